The summed E-state index contributed by atoms with van der Waals surface area (Å²) in [5.74, 6) is 0.855. The lowest BCUT2D eigenvalue weighted by Gasteiger charge is -2.05. The molecule has 0 saturated carbocycles. The van der Waals surface area contributed by atoms with Crippen LogP contribution in [0.15, 0.2) is 23.4 Å². The summed E-state index contributed by atoms with van der Waals surface area (Å²) in [6, 6.07) is 0. The van der Waals surface area contributed by atoms with E-state index in [-0.39, 0.29) is 5.56 Å². The number of hydrogen-bond acceptors (Lipinski definition) is 3. The molecular formula is C13H15N5O. The van der Waals surface area contributed by atoms with Gasteiger partial charge in [-0.3, -0.25) is 14.5 Å². The van der Waals surface area contributed by atoms with Gasteiger partial charge >= 0.3 is 0 Å². The SMILES string of the molecule is CCc1c(C)nc2c(-n3ccnc3C)c[nH]n2c1=O. The summed E-state index contributed by atoms with van der Waals surface area (Å²) in [6.07, 6.45) is 6.04. The number of rotatable bonds is 2. The van der Waals surface area contributed by atoms with Crippen LogP contribution in [0.3, 0.4) is 0 Å². The predicted molar refractivity (Wildman–Crippen MR) is 71.8 cm³/mol. The molecule has 6 nitrogen and oxygen atoms in total. The van der Waals surface area contributed by atoms with Gasteiger partial charge in [-0.1, -0.05) is 6.92 Å². The molecule has 3 aromatic heterocycles. The molecular weight excluding hydrogens is 242 g/mol. The van der Waals surface area contributed by atoms with Crippen LogP contribution >= 0.6 is 0 Å². The van der Waals surface area contributed by atoms with E-state index in [2.05, 4.69) is 15.1 Å². The van der Waals surface area contributed by atoms with Crippen LogP contribution in [0.1, 0.15) is 24.0 Å². The molecule has 0 aromatic carbocycles. The zero-order valence-corrected chi connectivity index (χ0v) is 11.1. The number of aromatic amines is 1. The van der Waals surface area contributed by atoms with E-state index in [0.717, 1.165) is 22.8 Å². The van der Waals surface area contributed by atoms with Crippen LogP contribution in [0.2, 0.25) is 0 Å². The molecule has 0 fully saturated rings. The zero-order valence-electron chi connectivity index (χ0n) is 11.1. The Labute approximate surface area is 109 Å². The minimum atomic E-state index is -0.0333. The van der Waals surface area contributed by atoms with Crippen molar-refractivity contribution in [2.24, 2.45) is 0 Å². The lowest BCUT2D eigenvalue weighted by atomic mass is 10.2. The largest absolute Gasteiger partial charge is 0.299 e. The average molecular weight is 257 g/mol. The zero-order chi connectivity index (χ0) is 13.6. The Hall–Kier alpha value is -2.37. The highest BCUT2D eigenvalue weighted by molar-refractivity contribution is 5.59. The van der Waals surface area contributed by atoms with Gasteiger partial charge in [0.15, 0.2) is 5.65 Å². The molecule has 0 aliphatic carbocycles. The van der Waals surface area contributed by atoms with Gasteiger partial charge in [-0.25, -0.2) is 9.97 Å². The first-order valence-electron chi connectivity index (χ1n) is 6.23. The second-order valence-corrected chi connectivity index (χ2v) is 4.50. The summed E-state index contributed by atoms with van der Waals surface area (Å²) in [5.41, 5.74) is 2.95. The van der Waals surface area contributed by atoms with Gasteiger partial charge in [0.2, 0.25) is 0 Å². The molecule has 98 valence electrons. The Bertz CT molecular complexity index is 808. The van der Waals surface area contributed by atoms with Crippen molar-refractivity contribution >= 4 is 5.65 Å². The number of hydrogen-bond donors (Lipinski definition) is 1. The molecule has 3 heterocycles. The third kappa shape index (κ3) is 1.60. The Kier molecular flexibility index (Phi) is 2.51. The quantitative estimate of drug-likeness (QED) is 0.754. The standard InChI is InChI=1S/C13H15N5O/c1-4-10-8(2)16-12-11(7-15-18(12)13(10)19)17-6-5-14-9(17)3/h5-7,15H,4H2,1-3H3. The van der Waals surface area contributed by atoms with E-state index in [9.17, 15) is 4.79 Å². The number of aryl methyl sites for hydroxylation is 2. The molecule has 1 N–H and O–H groups in total. The maximum Gasteiger partial charge on any atom is 0.276 e. The molecule has 19 heavy (non-hydrogen) atoms. The van der Waals surface area contributed by atoms with Crippen LogP contribution in [0.25, 0.3) is 11.3 Å². The number of fused-ring (bicyclic) bond motifs is 1. The second-order valence-electron chi connectivity index (χ2n) is 4.50. The first-order chi connectivity index (χ1) is 9.13. The maximum atomic E-state index is 12.3. The molecule has 0 aliphatic rings. The lowest BCUT2D eigenvalue weighted by molar-refractivity contribution is 0.852. The fraction of sp³-hybridized carbons (Fsp3) is 0.308. The first-order valence-corrected chi connectivity index (χ1v) is 6.23. The van der Waals surface area contributed by atoms with Crippen molar-refractivity contribution in [2.45, 2.75) is 27.2 Å². The summed E-state index contributed by atoms with van der Waals surface area (Å²) < 4.78 is 3.39. The summed E-state index contributed by atoms with van der Waals surface area (Å²) in [4.78, 5) is 21.1. The fourth-order valence-corrected chi connectivity index (χ4v) is 2.36. The Balaban J connectivity index is 2.37. The maximum absolute atomic E-state index is 12.3. The molecule has 0 atom stereocenters. The van der Waals surface area contributed by atoms with Crippen molar-refractivity contribution in [3.05, 3.63) is 46.0 Å². The van der Waals surface area contributed by atoms with Gasteiger partial charge in [0.1, 0.15) is 11.5 Å². The van der Waals surface area contributed by atoms with Gasteiger partial charge in [0.05, 0.1) is 0 Å². The molecule has 0 radical (unpaired) electrons. The normalized spacial score (nSPS) is 11.3. The lowest BCUT2D eigenvalue weighted by Crippen LogP contribution is -2.21. The van der Waals surface area contributed by atoms with Crippen molar-refractivity contribution in [3.63, 3.8) is 0 Å². The number of H-pyrrole nitrogens is 1. The van der Waals surface area contributed by atoms with Gasteiger partial charge in [0.25, 0.3) is 5.56 Å². The van der Waals surface area contributed by atoms with Gasteiger partial charge in [-0.05, 0) is 20.3 Å². The van der Waals surface area contributed by atoms with Gasteiger partial charge in [-0.15, -0.1) is 0 Å². The molecule has 0 unspecified atom stereocenters. The number of nitrogens with zero attached hydrogens (tertiary/aromatic N) is 4. The van der Waals surface area contributed by atoms with Crippen LogP contribution in [0.4, 0.5) is 0 Å². The van der Waals surface area contributed by atoms with E-state index in [1.165, 1.54) is 4.52 Å². The van der Waals surface area contributed by atoms with Gasteiger partial charge < -0.3 is 0 Å². The Morgan fingerprint density at radius 3 is 2.79 bits per heavy atom. The summed E-state index contributed by atoms with van der Waals surface area (Å²) in [7, 11) is 0. The van der Waals surface area contributed by atoms with Gasteiger partial charge in [-0.2, -0.15) is 4.52 Å². The highest BCUT2D eigenvalue weighted by Crippen LogP contribution is 2.15. The first kappa shape index (κ1) is 11.7. The van der Waals surface area contributed by atoms with E-state index in [0.29, 0.717) is 12.1 Å². The molecule has 0 saturated heterocycles. The molecule has 6 heteroatoms. The van der Waals surface area contributed by atoms with Crippen molar-refractivity contribution in [3.8, 4) is 5.69 Å². The third-order valence-electron chi connectivity index (χ3n) is 3.38. The number of aromatic nitrogens is 5. The van der Waals surface area contributed by atoms with Crippen molar-refractivity contribution in [1.82, 2.24) is 24.1 Å². The van der Waals surface area contributed by atoms with E-state index >= 15 is 0 Å². The second kappa shape index (κ2) is 4.08. The van der Waals surface area contributed by atoms with E-state index in [1.54, 1.807) is 12.4 Å². The van der Waals surface area contributed by atoms with Gasteiger partial charge in [0, 0.05) is 29.8 Å². The smallest absolute Gasteiger partial charge is 0.276 e. The number of nitrogens with one attached hydrogen (secondary N) is 1. The van der Waals surface area contributed by atoms with Crippen LogP contribution in [0.5, 0.6) is 0 Å². The van der Waals surface area contributed by atoms with Crippen LogP contribution in [-0.4, -0.2) is 24.1 Å². The topological polar surface area (TPSA) is 68.0 Å². The van der Waals surface area contributed by atoms with Crippen molar-refractivity contribution in [1.29, 1.82) is 0 Å². The highest BCUT2D eigenvalue weighted by atomic mass is 16.1. The minimum absolute atomic E-state index is 0.0333. The van der Waals surface area contributed by atoms with Crippen molar-refractivity contribution in [2.75, 3.05) is 0 Å². The Morgan fingerprint density at radius 2 is 2.16 bits per heavy atom. The van der Waals surface area contributed by atoms with Crippen LogP contribution < -0.4 is 5.56 Å². The molecule has 0 amide bonds. The monoisotopic (exact) mass is 257 g/mol. The van der Waals surface area contributed by atoms with Crippen molar-refractivity contribution < 1.29 is 0 Å². The van der Waals surface area contributed by atoms with Crippen LogP contribution in [0, 0.1) is 13.8 Å². The molecule has 0 spiro atoms. The molecule has 3 aromatic rings. The third-order valence-corrected chi connectivity index (χ3v) is 3.38. The summed E-state index contributed by atoms with van der Waals surface area (Å²) in [6.45, 7) is 5.74. The average Bonchev–Trinajstić information content (AvgIpc) is 2.96. The van der Waals surface area contributed by atoms with E-state index in [1.807, 2.05) is 31.5 Å². The fourth-order valence-electron chi connectivity index (χ4n) is 2.36. The van der Waals surface area contributed by atoms with E-state index < -0.39 is 0 Å². The Morgan fingerprint density at radius 1 is 1.37 bits per heavy atom. The summed E-state index contributed by atoms with van der Waals surface area (Å²) >= 11 is 0. The molecule has 3 rings (SSSR count). The molecule has 0 aliphatic heterocycles. The highest BCUT2D eigenvalue weighted by Gasteiger charge is 2.14. The minimum Gasteiger partial charge on any atom is -0.299 e. The predicted octanol–water partition coefficient (Wildman–Crippen LogP) is 1.39. The summed E-state index contributed by atoms with van der Waals surface area (Å²) in [5, 5.41) is 2.97. The molecule has 0 bridgehead atoms. The van der Waals surface area contributed by atoms with E-state index in [4.69, 9.17) is 0 Å². The van der Waals surface area contributed by atoms with Crippen LogP contribution in [-0.2, 0) is 6.42 Å². The number of imidazole rings is 1.